The molecule has 0 aliphatic heterocycles. The van der Waals surface area contributed by atoms with E-state index < -0.39 is 6.10 Å². The topological polar surface area (TPSA) is 86.7 Å². The van der Waals surface area contributed by atoms with Crippen LogP contribution in [0.25, 0.3) is 10.7 Å². The quantitative estimate of drug-likeness (QED) is 0.591. The zero-order chi connectivity index (χ0) is 16.7. The number of aromatic nitrogens is 4. The zero-order valence-electron chi connectivity index (χ0n) is 13.0. The fourth-order valence-electron chi connectivity index (χ4n) is 2.40. The fraction of sp³-hybridized carbons (Fsp3) is 0.312. The number of thiophene rings is 1. The van der Waals surface area contributed by atoms with Gasteiger partial charge < -0.3 is 10.4 Å². The van der Waals surface area contributed by atoms with Gasteiger partial charge in [-0.05, 0) is 31.9 Å². The maximum absolute atomic E-state index is 9.65. The molecule has 4 rings (SSSR count). The highest BCUT2D eigenvalue weighted by Gasteiger charge is 2.25. The summed E-state index contributed by atoms with van der Waals surface area (Å²) in [6.45, 7) is 1.74. The van der Waals surface area contributed by atoms with E-state index in [1.165, 1.54) is 24.2 Å². The van der Waals surface area contributed by atoms with Gasteiger partial charge >= 0.3 is 0 Å². The van der Waals surface area contributed by atoms with E-state index in [-0.39, 0.29) is 4.28 Å². The maximum Gasteiger partial charge on any atom is 0.171 e. The highest BCUT2D eigenvalue weighted by atomic mass is 35.5. The van der Waals surface area contributed by atoms with Crippen LogP contribution in [-0.2, 0) is 0 Å². The number of aromatic amines is 1. The molecule has 1 fully saturated rings. The number of anilines is 2. The summed E-state index contributed by atoms with van der Waals surface area (Å²) in [5.74, 6) is 2.38. The lowest BCUT2D eigenvalue weighted by Gasteiger charge is -2.05. The molecule has 130 valence electrons. The third-order valence-electron chi connectivity index (χ3n) is 3.86. The van der Waals surface area contributed by atoms with Gasteiger partial charge in [-0.2, -0.15) is 5.10 Å². The normalized spacial score (nSPS) is 15.5. The third-order valence-corrected chi connectivity index (χ3v) is 5.39. The Morgan fingerprint density at radius 3 is 3.00 bits per heavy atom. The first kappa shape index (κ1) is 15.6. The van der Waals surface area contributed by atoms with Gasteiger partial charge in [0.05, 0.1) is 17.2 Å². The number of nitrogens with one attached hydrogen (secondary N) is 2. The molecule has 3 N–H and O–H groups in total. The summed E-state index contributed by atoms with van der Waals surface area (Å²) in [6.07, 6.45) is 3.50. The predicted molar refractivity (Wildman–Crippen MR) is 101 cm³/mol. The number of halogens is 1. The molecule has 0 amide bonds. The largest absolute Gasteiger partial charge is 0.388 e. The van der Waals surface area contributed by atoms with Crippen molar-refractivity contribution in [3.8, 4) is 10.7 Å². The molecule has 1 aliphatic carbocycles. The molecular formula is C16H22ClN5OS. The van der Waals surface area contributed by atoms with Crippen molar-refractivity contribution in [3.05, 3.63) is 40.0 Å². The van der Waals surface area contributed by atoms with E-state index in [1.807, 2.05) is 18.2 Å². The van der Waals surface area contributed by atoms with Gasteiger partial charge in [-0.1, -0.05) is 11.6 Å². The van der Waals surface area contributed by atoms with Crippen molar-refractivity contribution < 1.29 is 9.39 Å². The molecule has 1 saturated carbocycles. The molecule has 1 aliphatic rings. The van der Waals surface area contributed by atoms with Crippen LogP contribution >= 0.6 is 22.9 Å². The Kier molecular flexibility index (Phi) is 3.99. The Morgan fingerprint density at radius 1 is 1.46 bits per heavy atom. The molecule has 3 aromatic heterocycles. The standard InChI is InChI=1S/C16H16ClN5OS.3H2/c1-8(23)12-4-5-13(24-12)16-18-7-10(17)15(20-16)19-14-6-11(21-22-14)9-2-3-9;;;/h4-9,23H,2-3H2,1H3,(H2,18,19,20,21,22);3*1H/t8-;;;/m0.../s1. The summed E-state index contributed by atoms with van der Waals surface area (Å²) in [5.41, 5.74) is 1.14. The lowest BCUT2D eigenvalue weighted by atomic mass is 10.3. The van der Waals surface area contributed by atoms with E-state index in [0.29, 0.717) is 28.4 Å². The summed E-state index contributed by atoms with van der Waals surface area (Å²) in [4.78, 5) is 10.5. The minimum atomic E-state index is -0.501. The van der Waals surface area contributed by atoms with Gasteiger partial charge in [0, 0.05) is 26.8 Å². The minimum Gasteiger partial charge on any atom is -0.388 e. The Morgan fingerprint density at radius 2 is 2.29 bits per heavy atom. The van der Waals surface area contributed by atoms with Crippen LogP contribution < -0.4 is 5.32 Å². The molecule has 0 bridgehead atoms. The first-order chi connectivity index (χ1) is 11.6. The van der Waals surface area contributed by atoms with E-state index in [9.17, 15) is 5.11 Å². The van der Waals surface area contributed by atoms with E-state index in [4.69, 9.17) is 11.6 Å². The number of hydrogen-bond donors (Lipinski definition) is 3. The average Bonchev–Trinajstić information content (AvgIpc) is 3.10. The number of hydrogen-bond acceptors (Lipinski definition) is 6. The zero-order valence-corrected chi connectivity index (χ0v) is 14.5. The van der Waals surface area contributed by atoms with Crippen LogP contribution in [0.4, 0.5) is 11.6 Å². The molecule has 6 nitrogen and oxygen atoms in total. The number of rotatable bonds is 5. The second-order valence-corrected chi connectivity index (χ2v) is 7.40. The van der Waals surface area contributed by atoms with Crippen molar-refractivity contribution in [2.45, 2.75) is 31.8 Å². The van der Waals surface area contributed by atoms with Gasteiger partial charge in [-0.3, -0.25) is 5.10 Å². The summed E-state index contributed by atoms with van der Waals surface area (Å²) in [6, 6.07) is 5.78. The molecule has 0 radical (unpaired) electrons. The maximum atomic E-state index is 9.65. The van der Waals surface area contributed by atoms with Crippen molar-refractivity contribution >= 4 is 34.6 Å². The SMILES string of the molecule is C[C@H](O)c1ccc(-c2ncc(Cl)c(Nc3cc(C4CC4)[nH]n3)n2)s1.[HH].[HH].[HH]. The number of aliphatic hydroxyl groups excluding tert-OH is 1. The summed E-state index contributed by atoms with van der Waals surface area (Å²) < 4.78 is 0. The van der Waals surface area contributed by atoms with Crippen LogP contribution in [0.3, 0.4) is 0 Å². The smallest absolute Gasteiger partial charge is 0.171 e. The minimum absolute atomic E-state index is 0. The van der Waals surface area contributed by atoms with Crippen molar-refractivity contribution in [2.75, 3.05) is 5.32 Å². The average molecular weight is 368 g/mol. The van der Waals surface area contributed by atoms with Gasteiger partial charge in [0.2, 0.25) is 0 Å². The van der Waals surface area contributed by atoms with E-state index in [1.54, 1.807) is 13.1 Å². The molecule has 0 unspecified atom stereocenters. The molecule has 0 spiro atoms. The molecule has 3 aromatic rings. The van der Waals surface area contributed by atoms with Crippen LogP contribution in [0.5, 0.6) is 0 Å². The first-order valence-corrected chi connectivity index (χ1v) is 8.92. The summed E-state index contributed by atoms with van der Waals surface area (Å²) in [7, 11) is 0. The lowest BCUT2D eigenvalue weighted by Crippen LogP contribution is -1.98. The van der Waals surface area contributed by atoms with Crippen LogP contribution in [0.1, 0.15) is 46.6 Å². The number of H-pyrrole nitrogens is 1. The number of aliphatic hydroxyl groups is 1. The molecule has 0 aromatic carbocycles. The first-order valence-electron chi connectivity index (χ1n) is 7.73. The Bertz CT molecular complexity index is 885. The molecular weight excluding hydrogens is 346 g/mol. The highest BCUT2D eigenvalue weighted by Crippen LogP contribution is 2.40. The lowest BCUT2D eigenvalue weighted by molar-refractivity contribution is 0.203. The molecule has 3 heterocycles. The second-order valence-electron chi connectivity index (χ2n) is 5.88. The van der Waals surface area contributed by atoms with Gasteiger partial charge in [0.25, 0.3) is 0 Å². The van der Waals surface area contributed by atoms with Crippen LogP contribution in [0.15, 0.2) is 24.4 Å². The summed E-state index contributed by atoms with van der Waals surface area (Å²) in [5, 5.41) is 20.5. The van der Waals surface area contributed by atoms with Gasteiger partial charge in [0.15, 0.2) is 17.5 Å². The highest BCUT2D eigenvalue weighted by molar-refractivity contribution is 7.15. The molecule has 1 atom stereocenters. The van der Waals surface area contributed by atoms with E-state index >= 15 is 0 Å². The van der Waals surface area contributed by atoms with E-state index in [2.05, 4.69) is 25.5 Å². The van der Waals surface area contributed by atoms with Crippen molar-refractivity contribution in [1.29, 1.82) is 0 Å². The van der Waals surface area contributed by atoms with Crippen molar-refractivity contribution in [2.24, 2.45) is 0 Å². The second kappa shape index (κ2) is 6.16. The van der Waals surface area contributed by atoms with Crippen molar-refractivity contribution in [3.63, 3.8) is 0 Å². The predicted octanol–water partition coefficient (Wildman–Crippen LogP) is 4.99. The Labute approximate surface area is 152 Å². The Hall–Kier alpha value is -1.96. The van der Waals surface area contributed by atoms with Crippen LogP contribution in [-0.4, -0.2) is 25.3 Å². The monoisotopic (exact) mass is 367 g/mol. The Balaban J connectivity index is 0.00000121. The van der Waals surface area contributed by atoms with Gasteiger partial charge in [0.1, 0.15) is 5.02 Å². The third kappa shape index (κ3) is 3.15. The number of nitrogens with zero attached hydrogens (tertiary/aromatic N) is 3. The fourth-order valence-corrected chi connectivity index (χ4v) is 3.42. The van der Waals surface area contributed by atoms with Gasteiger partial charge in [-0.15, -0.1) is 11.3 Å². The van der Waals surface area contributed by atoms with Crippen LogP contribution in [0, 0.1) is 0 Å². The van der Waals surface area contributed by atoms with E-state index in [0.717, 1.165) is 15.4 Å². The molecule has 0 saturated heterocycles. The molecule has 24 heavy (non-hydrogen) atoms. The van der Waals surface area contributed by atoms with Gasteiger partial charge in [-0.25, -0.2) is 9.97 Å². The van der Waals surface area contributed by atoms with Crippen LogP contribution in [0.2, 0.25) is 5.02 Å². The summed E-state index contributed by atoms with van der Waals surface area (Å²) >= 11 is 7.67. The van der Waals surface area contributed by atoms with Crippen molar-refractivity contribution in [1.82, 2.24) is 20.2 Å². The molecule has 8 heteroatoms.